The first-order valence-electron chi connectivity index (χ1n) is 13.1. The molecule has 1 aliphatic heterocycles. The maximum atomic E-state index is 14.3. The third-order valence-corrected chi connectivity index (χ3v) is 9.16. The molecule has 12 heteroatoms. The Morgan fingerprint density at radius 1 is 1.07 bits per heavy atom. The van der Waals surface area contributed by atoms with Crippen LogP contribution in [0.3, 0.4) is 0 Å². The second-order valence-corrected chi connectivity index (χ2v) is 11.8. The Bertz CT molecular complexity index is 1790. The molecule has 0 bridgehead atoms. The van der Waals surface area contributed by atoms with Gasteiger partial charge < -0.3 is 15.5 Å². The van der Waals surface area contributed by atoms with Gasteiger partial charge in [0, 0.05) is 31.3 Å². The van der Waals surface area contributed by atoms with E-state index in [0.717, 1.165) is 20.8 Å². The highest BCUT2D eigenvalue weighted by atomic mass is 32.2. The number of nitro benzene ring substituents is 1. The topological polar surface area (TPSA) is 148 Å². The Morgan fingerprint density at radius 2 is 1.86 bits per heavy atom. The number of amides is 1. The molecule has 42 heavy (non-hydrogen) atoms. The second-order valence-electron chi connectivity index (χ2n) is 9.90. The lowest BCUT2D eigenvalue weighted by Gasteiger charge is -2.27. The molecule has 216 valence electrons. The number of carbonyl (C=O) groups is 1. The number of rotatable bonds is 10. The van der Waals surface area contributed by atoms with Gasteiger partial charge in [-0.3, -0.25) is 14.9 Å². The van der Waals surface area contributed by atoms with Gasteiger partial charge in [-0.25, -0.2) is 8.42 Å². The third-order valence-electron chi connectivity index (χ3n) is 7.30. The van der Waals surface area contributed by atoms with Crippen molar-refractivity contribution >= 4 is 38.6 Å². The quantitative estimate of drug-likeness (QED) is 0.127. The third kappa shape index (κ3) is 5.80. The fraction of sp³-hybridized carbons (Fsp3) is 0.200. The van der Waals surface area contributed by atoms with Gasteiger partial charge in [-0.1, -0.05) is 48.5 Å². The fourth-order valence-electron chi connectivity index (χ4n) is 5.20. The number of carbonyl (C=O) groups excluding carboxylic acids is 1. The summed E-state index contributed by atoms with van der Waals surface area (Å²) in [6.45, 7) is 0.232. The van der Waals surface area contributed by atoms with Crippen molar-refractivity contribution < 1.29 is 22.9 Å². The highest BCUT2D eigenvalue weighted by molar-refractivity contribution is 7.89. The van der Waals surface area contributed by atoms with E-state index in [2.05, 4.69) is 5.10 Å². The normalized spacial score (nSPS) is 15.6. The van der Waals surface area contributed by atoms with E-state index in [4.69, 9.17) is 10.6 Å². The van der Waals surface area contributed by atoms with E-state index >= 15 is 0 Å². The van der Waals surface area contributed by atoms with E-state index in [-0.39, 0.29) is 41.6 Å². The summed E-state index contributed by atoms with van der Waals surface area (Å²) < 4.78 is 34.9. The molecule has 4 aromatic carbocycles. The number of para-hydroxylation sites is 1. The minimum absolute atomic E-state index is 0.0261. The van der Waals surface area contributed by atoms with E-state index in [0.29, 0.717) is 17.7 Å². The van der Waals surface area contributed by atoms with Crippen molar-refractivity contribution in [3.8, 4) is 5.75 Å². The summed E-state index contributed by atoms with van der Waals surface area (Å²) in [5.41, 5.74) is 1.57. The molecular formula is C30H29N5O6S. The summed E-state index contributed by atoms with van der Waals surface area (Å²) in [6.07, 6.45) is 1.72. The SMILES string of the molecule is COc1ccc2ccc(S(=O)(=O)N(Cc3ccccc3[N+](=O)[O-])[C@H]3CCN(Cc4cccc(C=NN)c4)C3=O)cc2c1. The van der Waals surface area contributed by atoms with Crippen molar-refractivity contribution in [3.05, 3.63) is 112 Å². The fourth-order valence-corrected chi connectivity index (χ4v) is 6.83. The van der Waals surface area contributed by atoms with Crippen LogP contribution in [0.5, 0.6) is 5.75 Å². The number of hydrogen-bond donors (Lipinski definition) is 1. The smallest absolute Gasteiger partial charge is 0.273 e. The molecule has 1 atom stereocenters. The Balaban J connectivity index is 1.53. The van der Waals surface area contributed by atoms with Gasteiger partial charge in [0.05, 0.1) is 23.1 Å². The number of sulfonamides is 1. The summed E-state index contributed by atoms with van der Waals surface area (Å²) in [7, 11) is -2.76. The summed E-state index contributed by atoms with van der Waals surface area (Å²) >= 11 is 0. The van der Waals surface area contributed by atoms with Crippen molar-refractivity contribution in [1.82, 2.24) is 9.21 Å². The van der Waals surface area contributed by atoms with Gasteiger partial charge >= 0.3 is 0 Å². The number of hydrogen-bond acceptors (Lipinski definition) is 8. The molecule has 11 nitrogen and oxygen atoms in total. The van der Waals surface area contributed by atoms with E-state index in [1.807, 2.05) is 30.3 Å². The van der Waals surface area contributed by atoms with Crippen molar-refractivity contribution in [2.75, 3.05) is 13.7 Å². The van der Waals surface area contributed by atoms with Crippen LogP contribution in [0.4, 0.5) is 5.69 Å². The molecule has 0 aliphatic carbocycles. The van der Waals surface area contributed by atoms with Crippen LogP contribution in [0.1, 0.15) is 23.1 Å². The molecule has 0 radical (unpaired) electrons. The number of fused-ring (bicyclic) bond motifs is 1. The van der Waals surface area contributed by atoms with Gasteiger partial charge in [-0.2, -0.15) is 9.41 Å². The van der Waals surface area contributed by atoms with Crippen LogP contribution >= 0.6 is 0 Å². The average molecular weight is 588 g/mol. The zero-order chi connectivity index (χ0) is 29.9. The lowest BCUT2D eigenvalue weighted by Crippen LogP contribution is -2.44. The first-order valence-corrected chi connectivity index (χ1v) is 14.6. The summed E-state index contributed by atoms with van der Waals surface area (Å²) in [5, 5.41) is 16.8. The minimum Gasteiger partial charge on any atom is -0.497 e. The first-order chi connectivity index (χ1) is 20.2. The highest BCUT2D eigenvalue weighted by Gasteiger charge is 2.42. The Kier molecular flexibility index (Phi) is 8.18. The Labute approximate surface area is 243 Å². The lowest BCUT2D eigenvalue weighted by atomic mass is 10.1. The van der Waals surface area contributed by atoms with Crippen LogP contribution in [-0.4, -0.2) is 54.4 Å². The van der Waals surface area contributed by atoms with Gasteiger partial charge in [0.2, 0.25) is 15.9 Å². The van der Waals surface area contributed by atoms with E-state index < -0.39 is 21.0 Å². The second kappa shape index (κ2) is 12.0. The molecule has 5 rings (SSSR count). The maximum absolute atomic E-state index is 14.3. The largest absolute Gasteiger partial charge is 0.497 e. The molecule has 1 amide bonds. The van der Waals surface area contributed by atoms with Crippen molar-refractivity contribution in [2.45, 2.75) is 30.4 Å². The number of likely N-dealkylation sites (tertiary alicyclic amines) is 1. The maximum Gasteiger partial charge on any atom is 0.273 e. The Morgan fingerprint density at radius 3 is 2.62 bits per heavy atom. The molecular weight excluding hydrogens is 558 g/mol. The first kappa shape index (κ1) is 28.7. The molecule has 1 aliphatic rings. The number of benzene rings is 4. The lowest BCUT2D eigenvalue weighted by molar-refractivity contribution is -0.385. The summed E-state index contributed by atoms with van der Waals surface area (Å²) in [6, 6.07) is 22.3. The predicted molar refractivity (Wildman–Crippen MR) is 158 cm³/mol. The molecule has 1 saturated heterocycles. The van der Waals surface area contributed by atoms with E-state index in [1.54, 1.807) is 29.2 Å². The van der Waals surface area contributed by atoms with E-state index in [1.165, 1.54) is 43.7 Å². The molecule has 0 unspecified atom stereocenters. The number of methoxy groups -OCH3 is 1. The van der Waals surface area contributed by atoms with Gasteiger partial charge in [-0.05, 0) is 58.7 Å². The molecule has 0 saturated carbocycles. The molecule has 1 heterocycles. The van der Waals surface area contributed by atoms with Crippen molar-refractivity contribution in [1.29, 1.82) is 0 Å². The van der Waals surface area contributed by atoms with Gasteiger partial charge in [0.15, 0.2) is 0 Å². The van der Waals surface area contributed by atoms with Gasteiger partial charge in [0.25, 0.3) is 5.69 Å². The summed E-state index contributed by atoms with van der Waals surface area (Å²) in [5.74, 6) is 5.46. The zero-order valence-corrected chi connectivity index (χ0v) is 23.6. The van der Waals surface area contributed by atoms with E-state index in [9.17, 15) is 23.3 Å². The standard InChI is InChI=1S/C30H29N5O6S/c1-41-26-11-9-23-10-12-27(17-25(23)16-26)42(39,40)34(20-24-7-2-3-8-28(24)35(37)38)29-13-14-33(30(29)36)19-22-6-4-5-21(15-22)18-32-31/h2-12,15-18,29H,13-14,19-20,31H2,1H3/t29-/m0/s1. The molecule has 0 aromatic heterocycles. The van der Waals surface area contributed by atoms with Crippen LogP contribution in [0.2, 0.25) is 0 Å². The number of nitrogens with two attached hydrogens (primary N) is 1. The summed E-state index contributed by atoms with van der Waals surface area (Å²) in [4.78, 5) is 26.6. The molecule has 1 fully saturated rings. The number of ether oxygens (including phenoxy) is 1. The monoisotopic (exact) mass is 587 g/mol. The average Bonchev–Trinajstić information content (AvgIpc) is 3.34. The number of hydrazone groups is 1. The highest BCUT2D eigenvalue weighted by Crippen LogP contribution is 2.32. The van der Waals surface area contributed by atoms with Gasteiger partial charge in [-0.15, -0.1) is 0 Å². The minimum atomic E-state index is -4.29. The van der Waals surface area contributed by atoms with Crippen LogP contribution in [0.25, 0.3) is 10.8 Å². The Hall–Kier alpha value is -4.81. The molecule has 4 aromatic rings. The molecule has 2 N–H and O–H groups in total. The van der Waals surface area contributed by atoms with Crippen LogP contribution in [-0.2, 0) is 27.9 Å². The van der Waals surface area contributed by atoms with Gasteiger partial charge in [0.1, 0.15) is 11.8 Å². The van der Waals surface area contributed by atoms with Crippen LogP contribution in [0, 0.1) is 10.1 Å². The number of nitrogens with zero attached hydrogens (tertiary/aromatic N) is 4. The van der Waals surface area contributed by atoms with Crippen LogP contribution < -0.4 is 10.6 Å². The van der Waals surface area contributed by atoms with Crippen LogP contribution in [0.15, 0.2) is 94.9 Å². The molecule has 0 spiro atoms. The predicted octanol–water partition coefficient (Wildman–Crippen LogP) is 4.04. The van der Waals surface area contributed by atoms with Crippen molar-refractivity contribution in [2.24, 2.45) is 10.9 Å². The number of nitro groups is 1. The van der Waals surface area contributed by atoms with Crippen molar-refractivity contribution in [3.63, 3.8) is 0 Å². The zero-order valence-electron chi connectivity index (χ0n) is 22.8.